The highest BCUT2D eigenvalue weighted by Crippen LogP contribution is 2.33. The van der Waals surface area contributed by atoms with Crippen molar-refractivity contribution in [2.24, 2.45) is 0 Å². The second kappa shape index (κ2) is 6.54. The van der Waals surface area contributed by atoms with Crippen molar-refractivity contribution in [2.45, 2.75) is 38.1 Å². The van der Waals surface area contributed by atoms with Crippen LogP contribution < -0.4 is 10.1 Å². The molecular formula is C13H17BrClNO4S. The van der Waals surface area contributed by atoms with Crippen LogP contribution in [0.2, 0.25) is 0 Å². The van der Waals surface area contributed by atoms with E-state index in [1.165, 1.54) is 6.07 Å². The van der Waals surface area contributed by atoms with Crippen LogP contribution in [-0.2, 0) is 13.8 Å². The Bertz CT molecular complexity index is 653. The molecule has 0 aliphatic heterocycles. The third-order valence-corrected chi connectivity index (χ3v) is 4.12. The molecule has 21 heavy (non-hydrogen) atoms. The van der Waals surface area contributed by atoms with Gasteiger partial charge in [0.15, 0.2) is 6.61 Å². The zero-order valence-electron chi connectivity index (χ0n) is 12.2. The first-order valence-electron chi connectivity index (χ1n) is 6.09. The van der Waals surface area contributed by atoms with Gasteiger partial charge in [0, 0.05) is 20.7 Å². The summed E-state index contributed by atoms with van der Waals surface area (Å²) < 4.78 is 29.1. The van der Waals surface area contributed by atoms with Crippen molar-refractivity contribution >= 4 is 41.6 Å². The lowest BCUT2D eigenvalue weighted by molar-refractivity contribution is -0.124. The molecule has 1 N–H and O–H groups in total. The summed E-state index contributed by atoms with van der Waals surface area (Å²) in [6.07, 6.45) is 0. The molecule has 1 aromatic carbocycles. The molecule has 0 aliphatic carbocycles. The van der Waals surface area contributed by atoms with Gasteiger partial charge in [0.2, 0.25) is 0 Å². The summed E-state index contributed by atoms with van der Waals surface area (Å²) in [4.78, 5) is 11.6. The molecule has 5 nitrogen and oxygen atoms in total. The third-order valence-electron chi connectivity index (χ3n) is 2.33. The maximum atomic E-state index is 11.7. The summed E-state index contributed by atoms with van der Waals surface area (Å²) in [5.74, 6) is -0.264. The molecule has 8 heteroatoms. The van der Waals surface area contributed by atoms with Crippen LogP contribution in [0, 0.1) is 6.92 Å². The van der Waals surface area contributed by atoms with E-state index < -0.39 is 14.6 Å². The Morgan fingerprint density at radius 2 is 1.95 bits per heavy atom. The van der Waals surface area contributed by atoms with Crippen molar-refractivity contribution in [1.29, 1.82) is 0 Å². The topological polar surface area (TPSA) is 72.5 Å². The van der Waals surface area contributed by atoms with Gasteiger partial charge in [-0.1, -0.05) is 15.9 Å². The van der Waals surface area contributed by atoms with Crippen LogP contribution in [0.5, 0.6) is 5.75 Å². The summed E-state index contributed by atoms with van der Waals surface area (Å²) in [6, 6.07) is 3.02. The zero-order chi connectivity index (χ0) is 16.4. The molecule has 0 saturated carbocycles. The first kappa shape index (κ1) is 18.3. The van der Waals surface area contributed by atoms with Crippen LogP contribution in [0.3, 0.4) is 0 Å². The summed E-state index contributed by atoms with van der Waals surface area (Å²) in [5.41, 5.74) is 0.170. The number of hydrogen-bond donors (Lipinski definition) is 1. The standard InChI is InChI=1S/C13H17BrClNO4S/c1-8-5-9(14)6-10(21(15,18)19)12(8)20-7-11(17)16-13(2,3)4/h5-6H,7H2,1-4H3,(H,16,17). The molecule has 0 aliphatic rings. The van der Waals surface area contributed by atoms with Crippen molar-refractivity contribution in [1.82, 2.24) is 5.32 Å². The minimum absolute atomic E-state index is 0.0808. The number of carbonyl (C=O) groups excluding carboxylic acids is 1. The Morgan fingerprint density at radius 3 is 2.43 bits per heavy atom. The van der Waals surface area contributed by atoms with Crippen molar-refractivity contribution in [2.75, 3.05) is 6.61 Å². The SMILES string of the molecule is Cc1cc(Br)cc(S(=O)(=O)Cl)c1OCC(=O)NC(C)(C)C. The maximum Gasteiger partial charge on any atom is 0.265 e. The molecule has 0 bridgehead atoms. The number of amides is 1. The molecule has 0 saturated heterocycles. The quantitative estimate of drug-likeness (QED) is 0.791. The highest BCUT2D eigenvalue weighted by Gasteiger charge is 2.21. The Kier molecular flexibility index (Phi) is 5.69. The number of benzene rings is 1. The number of aryl methyl sites for hydroxylation is 1. The summed E-state index contributed by atoms with van der Waals surface area (Å²) in [7, 11) is 1.42. The summed E-state index contributed by atoms with van der Waals surface area (Å²) >= 11 is 3.20. The van der Waals surface area contributed by atoms with Gasteiger partial charge in [0.1, 0.15) is 10.6 Å². The molecule has 0 radical (unpaired) electrons. The van der Waals surface area contributed by atoms with E-state index in [0.29, 0.717) is 10.0 Å². The molecule has 0 aromatic heterocycles. The van der Waals surface area contributed by atoms with Gasteiger partial charge in [-0.2, -0.15) is 0 Å². The number of hydrogen-bond acceptors (Lipinski definition) is 4. The fourth-order valence-corrected chi connectivity index (χ4v) is 3.43. The minimum Gasteiger partial charge on any atom is -0.482 e. The van der Waals surface area contributed by atoms with Crippen LogP contribution in [0.1, 0.15) is 26.3 Å². The highest BCUT2D eigenvalue weighted by atomic mass is 79.9. The van der Waals surface area contributed by atoms with E-state index in [4.69, 9.17) is 15.4 Å². The van der Waals surface area contributed by atoms with E-state index in [-0.39, 0.29) is 23.2 Å². The van der Waals surface area contributed by atoms with Gasteiger partial charge in [-0.3, -0.25) is 4.79 Å². The molecule has 1 aromatic rings. The largest absolute Gasteiger partial charge is 0.482 e. The lowest BCUT2D eigenvalue weighted by Gasteiger charge is -2.21. The van der Waals surface area contributed by atoms with E-state index in [0.717, 1.165) is 0 Å². The Labute approximate surface area is 137 Å². The van der Waals surface area contributed by atoms with E-state index in [1.54, 1.807) is 13.0 Å². The van der Waals surface area contributed by atoms with Gasteiger partial charge in [0.25, 0.3) is 15.0 Å². The van der Waals surface area contributed by atoms with Crippen LogP contribution in [0.25, 0.3) is 0 Å². The van der Waals surface area contributed by atoms with Gasteiger partial charge >= 0.3 is 0 Å². The molecule has 0 atom stereocenters. The first-order chi connectivity index (χ1) is 9.40. The average Bonchev–Trinajstić information content (AvgIpc) is 2.23. The number of ether oxygens (including phenoxy) is 1. The van der Waals surface area contributed by atoms with Crippen molar-refractivity contribution in [3.05, 3.63) is 22.2 Å². The van der Waals surface area contributed by atoms with E-state index in [2.05, 4.69) is 21.2 Å². The highest BCUT2D eigenvalue weighted by molar-refractivity contribution is 9.10. The van der Waals surface area contributed by atoms with E-state index >= 15 is 0 Å². The molecule has 0 heterocycles. The van der Waals surface area contributed by atoms with Crippen molar-refractivity contribution in [3.63, 3.8) is 0 Å². The second-order valence-corrected chi connectivity index (χ2v) is 9.02. The Balaban J connectivity index is 3.02. The lowest BCUT2D eigenvalue weighted by atomic mass is 10.1. The molecule has 1 rings (SSSR count). The molecule has 1 amide bonds. The van der Waals surface area contributed by atoms with Crippen LogP contribution in [-0.4, -0.2) is 26.5 Å². The summed E-state index contributed by atoms with van der Waals surface area (Å²) in [6.45, 7) is 6.89. The van der Waals surface area contributed by atoms with Crippen molar-refractivity contribution < 1.29 is 17.9 Å². The van der Waals surface area contributed by atoms with Crippen LogP contribution in [0.4, 0.5) is 0 Å². The van der Waals surface area contributed by atoms with Gasteiger partial charge in [-0.15, -0.1) is 0 Å². The number of rotatable bonds is 4. The zero-order valence-corrected chi connectivity index (χ0v) is 15.3. The van der Waals surface area contributed by atoms with E-state index in [9.17, 15) is 13.2 Å². The van der Waals surface area contributed by atoms with Crippen molar-refractivity contribution in [3.8, 4) is 5.75 Å². The fourth-order valence-electron chi connectivity index (χ4n) is 1.66. The summed E-state index contributed by atoms with van der Waals surface area (Å²) in [5, 5.41) is 2.72. The lowest BCUT2D eigenvalue weighted by Crippen LogP contribution is -2.43. The number of carbonyl (C=O) groups is 1. The third kappa shape index (κ3) is 5.84. The monoisotopic (exact) mass is 397 g/mol. The molecular weight excluding hydrogens is 382 g/mol. The van der Waals surface area contributed by atoms with Gasteiger partial charge in [0.05, 0.1) is 0 Å². The number of halogens is 2. The van der Waals surface area contributed by atoms with Crippen LogP contribution in [0.15, 0.2) is 21.5 Å². The second-order valence-electron chi connectivity index (χ2n) is 5.57. The van der Waals surface area contributed by atoms with E-state index in [1.807, 2.05) is 20.8 Å². The predicted molar refractivity (Wildman–Crippen MR) is 85.3 cm³/mol. The normalized spacial score (nSPS) is 12.1. The minimum atomic E-state index is -3.98. The molecule has 118 valence electrons. The first-order valence-corrected chi connectivity index (χ1v) is 9.19. The average molecular weight is 399 g/mol. The molecule has 0 unspecified atom stereocenters. The Morgan fingerprint density at radius 1 is 1.38 bits per heavy atom. The fraction of sp³-hybridized carbons (Fsp3) is 0.462. The number of nitrogens with one attached hydrogen (secondary N) is 1. The molecule has 0 fully saturated rings. The van der Waals surface area contributed by atoms with Gasteiger partial charge in [-0.05, 0) is 45.4 Å². The van der Waals surface area contributed by atoms with Gasteiger partial charge < -0.3 is 10.1 Å². The van der Waals surface area contributed by atoms with Crippen LogP contribution >= 0.6 is 26.6 Å². The molecule has 0 spiro atoms. The predicted octanol–water partition coefficient (Wildman–Crippen LogP) is 2.98. The smallest absolute Gasteiger partial charge is 0.265 e. The maximum absolute atomic E-state index is 11.7. The Hall–Kier alpha value is -0.790. The van der Waals surface area contributed by atoms with Gasteiger partial charge in [-0.25, -0.2) is 8.42 Å².